The maximum Gasteiger partial charge on any atom is 0.236 e. The van der Waals surface area contributed by atoms with Crippen LogP contribution in [0.4, 0.5) is 0 Å². The molecule has 0 bridgehead atoms. The highest BCUT2D eigenvalue weighted by molar-refractivity contribution is 8.28. The number of rotatable bonds is 1. The van der Waals surface area contributed by atoms with Gasteiger partial charge in [-0.3, -0.25) is 9.78 Å². The van der Waals surface area contributed by atoms with Crippen LogP contribution in [0, 0.1) is 0 Å². The summed E-state index contributed by atoms with van der Waals surface area (Å²) in [6.45, 7) is 0. The van der Waals surface area contributed by atoms with Gasteiger partial charge in [-0.25, -0.2) is 0 Å². The molecule has 0 spiro atoms. The summed E-state index contributed by atoms with van der Waals surface area (Å²) in [5, 5.41) is 2.03. The van der Waals surface area contributed by atoms with Crippen LogP contribution in [0.1, 0.15) is 16.1 Å². The summed E-state index contributed by atoms with van der Waals surface area (Å²) in [4.78, 5) is 17.7. The Balaban J connectivity index is 2.07. The summed E-state index contributed by atoms with van der Waals surface area (Å²) >= 11 is 0. The van der Waals surface area contributed by atoms with Crippen LogP contribution in [0.3, 0.4) is 0 Å². The molecule has 1 atom stereocenters. The molecule has 3 heteroatoms. The summed E-state index contributed by atoms with van der Waals surface area (Å²) in [6.07, 6.45) is 5.64. The molecule has 88 valence electrons. The molecule has 1 unspecified atom stereocenters. The van der Waals surface area contributed by atoms with Gasteiger partial charge in [0.25, 0.3) is 0 Å². The molecular weight excluding hydrogens is 242 g/mol. The Hall–Kier alpha value is -2.00. The van der Waals surface area contributed by atoms with Crippen LogP contribution in [0.25, 0.3) is 6.08 Å². The number of hydrogen-bond donors (Lipinski definition) is 0. The fourth-order valence-corrected chi connectivity index (χ4v) is 3.54. The quantitative estimate of drug-likeness (QED) is 0.729. The van der Waals surface area contributed by atoms with Crippen LogP contribution in [0.5, 0.6) is 0 Å². The normalized spacial score (nSPS) is 16.8. The highest BCUT2D eigenvalue weighted by Crippen LogP contribution is 2.35. The predicted molar refractivity (Wildman–Crippen MR) is 76.0 cm³/mol. The van der Waals surface area contributed by atoms with Crippen molar-refractivity contribution < 1.29 is 4.79 Å². The highest BCUT2D eigenvalue weighted by Gasteiger charge is 2.16. The zero-order chi connectivity index (χ0) is 12.4. The van der Waals surface area contributed by atoms with Crippen molar-refractivity contribution >= 4 is 27.0 Å². The number of nitrogens with zero attached hydrogens (tertiary/aromatic N) is 1. The van der Waals surface area contributed by atoms with Gasteiger partial charge in [-0.05, 0) is 29.1 Å². The van der Waals surface area contributed by atoms with Gasteiger partial charge in [0.15, 0.2) is 0 Å². The van der Waals surface area contributed by atoms with Gasteiger partial charge < -0.3 is 0 Å². The van der Waals surface area contributed by atoms with Crippen LogP contribution in [-0.4, -0.2) is 15.5 Å². The van der Waals surface area contributed by atoms with Crippen molar-refractivity contribution in [3.8, 4) is 0 Å². The average molecular weight is 253 g/mol. The molecule has 0 saturated carbocycles. The molecule has 2 aromatic rings. The van der Waals surface area contributed by atoms with E-state index in [0.717, 1.165) is 10.5 Å². The average Bonchev–Trinajstić information content (AvgIpc) is 2.47. The molecule has 0 radical (unpaired) electrons. The Bertz CT molecular complexity index is 659. The molecule has 1 aliphatic heterocycles. The van der Waals surface area contributed by atoms with Crippen molar-refractivity contribution in [2.24, 2.45) is 0 Å². The molecule has 0 fully saturated rings. The topological polar surface area (TPSA) is 30.0 Å². The van der Waals surface area contributed by atoms with E-state index in [1.807, 2.05) is 53.9 Å². The van der Waals surface area contributed by atoms with Crippen molar-refractivity contribution in [1.29, 1.82) is 0 Å². The third-order valence-electron chi connectivity index (χ3n) is 2.72. The number of fused-ring (bicyclic) bond motifs is 1. The molecule has 2 nitrogen and oxygen atoms in total. The van der Waals surface area contributed by atoms with E-state index >= 15 is 0 Å². The lowest BCUT2D eigenvalue weighted by molar-refractivity contribution is 0.108. The molecule has 0 saturated heterocycles. The van der Waals surface area contributed by atoms with Crippen molar-refractivity contribution in [2.75, 3.05) is 0 Å². The van der Waals surface area contributed by atoms with E-state index in [9.17, 15) is 4.79 Å². The highest BCUT2D eigenvalue weighted by atomic mass is 32.2. The number of hydrogen-bond acceptors (Lipinski definition) is 2. The fraction of sp³-hybridized carbons (Fsp3) is 0. The molecular formula is C15H11NOS. The summed E-state index contributed by atoms with van der Waals surface area (Å²) in [5.74, 6) is 0. The van der Waals surface area contributed by atoms with Gasteiger partial charge in [0.1, 0.15) is 5.69 Å². The van der Waals surface area contributed by atoms with Crippen LogP contribution < -0.4 is 0 Å². The first kappa shape index (κ1) is 11.1. The number of carbonyl (C=O) groups is 1. The van der Waals surface area contributed by atoms with Crippen molar-refractivity contribution in [1.82, 2.24) is 4.98 Å². The van der Waals surface area contributed by atoms with E-state index < -0.39 is 10.5 Å². The number of aromatic nitrogens is 1. The Morgan fingerprint density at radius 3 is 2.72 bits per heavy atom. The second-order valence-electron chi connectivity index (χ2n) is 3.87. The summed E-state index contributed by atoms with van der Waals surface area (Å²) in [5.41, 5.74) is 1.65. The maximum absolute atomic E-state index is 12.4. The van der Waals surface area contributed by atoms with Gasteiger partial charge in [0.2, 0.25) is 5.12 Å². The summed E-state index contributed by atoms with van der Waals surface area (Å²) in [7, 11) is -0.529. The lowest BCUT2D eigenvalue weighted by Gasteiger charge is -2.13. The first-order valence-corrected chi connectivity index (χ1v) is 6.94. The van der Waals surface area contributed by atoms with Gasteiger partial charge in [-0.2, -0.15) is 0 Å². The van der Waals surface area contributed by atoms with Gasteiger partial charge in [0.05, 0.1) is 0 Å². The zero-order valence-electron chi connectivity index (χ0n) is 9.61. The van der Waals surface area contributed by atoms with Crippen molar-refractivity contribution in [3.63, 3.8) is 0 Å². The first-order valence-electron chi connectivity index (χ1n) is 5.65. The number of pyridine rings is 1. The fourth-order valence-electron chi connectivity index (χ4n) is 1.87. The monoisotopic (exact) mass is 253 g/mol. The Morgan fingerprint density at radius 2 is 1.89 bits per heavy atom. The molecule has 1 aromatic heterocycles. The SMILES string of the molecule is O=C(c1ccccn1)S1=CC=Cc2ccccc21. The third-order valence-corrected chi connectivity index (χ3v) is 4.60. The largest absolute Gasteiger partial charge is 0.280 e. The van der Waals surface area contributed by atoms with Crippen LogP contribution >= 0.6 is 10.5 Å². The summed E-state index contributed by atoms with van der Waals surface area (Å²) in [6, 6.07) is 13.4. The Kier molecular flexibility index (Phi) is 2.90. The number of allylic oxidation sites excluding steroid dienone is 1. The molecule has 2 heterocycles. The second kappa shape index (κ2) is 4.70. The molecule has 1 aromatic carbocycles. The molecule has 0 amide bonds. The first-order chi connectivity index (χ1) is 8.86. The van der Waals surface area contributed by atoms with Crippen LogP contribution in [0.2, 0.25) is 0 Å². The smallest absolute Gasteiger partial charge is 0.236 e. The Labute approximate surface area is 108 Å². The minimum absolute atomic E-state index is 0.0763. The van der Waals surface area contributed by atoms with E-state index in [4.69, 9.17) is 0 Å². The molecule has 0 aliphatic carbocycles. The van der Waals surface area contributed by atoms with Crippen LogP contribution in [0.15, 0.2) is 59.6 Å². The van der Waals surface area contributed by atoms with Crippen molar-refractivity contribution in [2.45, 2.75) is 4.90 Å². The van der Waals surface area contributed by atoms with Crippen molar-refractivity contribution in [3.05, 3.63) is 66.0 Å². The van der Waals surface area contributed by atoms with E-state index in [-0.39, 0.29) is 5.12 Å². The second-order valence-corrected chi connectivity index (χ2v) is 5.63. The van der Waals surface area contributed by atoms with Gasteiger partial charge in [-0.15, -0.1) is 0 Å². The molecule has 3 rings (SSSR count). The minimum Gasteiger partial charge on any atom is -0.280 e. The molecule has 1 aliphatic rings. The van der Waals surface area contributed by atoms with Gasteiger partial charge in [0, 0.05) is 11.1 Å². The minimum atomic E-state index is -0.529. The van der Waals surface area contributed by atoms with E-state index in [2.05, 4.69) is 4.98 Å². The van der Waals surface area contributed by atoms with E-state index in [1.165, 1.54) is 0 Å². The Morgan fingerprint density at radius 1 is 1.06 bits per heavy atom. The zero-order valence-corrected chi connectivity index (χ0v) is 10.4. The predicted octanol–water partition coefficient (Wildman–Crippen LogP) is 3.38. The molecule has 0 N–H and O–H groups in total. The maximum atomic E-state index is 12.4. The lowest BCUT2D eigenvalue weighted by Crippen LogP contribution is -2.02. The summed E-state index contributed by atoms with van der Waals surface area (Å²) < 4.78 is 0. The van der Waals surface area contributed by atoms with E-state index in [1.54, 1.807) is 12.3 Å². The molecule has 18 heavy (non-hydrogen) atoms. The third kappa shape index (κ3) is 1.93. The lowest BCUT2D eigenvalue weighted by atomic mass is 10.2. The van der Waals surface area contributed by atoms with E-state index in [0.29, 0.717) is 5.69 Å². The standard InChI is InChI=1S/C15H11NOS/c17-15(13-8-3-4-10-16-13)18-11-5-7-12-6-1-2-9-14(12)18/h1-11H. The number of benzene rings is 1. The number of carbonyl (C=O) groups excluding carboxylic acids is 1. The van der Waals surface area contributed by atoms with Gasteiger partial charge in [-0.1, -0.05) is 46.9 Å². The van der Waals surface area contributed by atoms with Crippen LogP contribution in [-0.2, 0) is 0 Å². The van der Waals surface area contributed by atoms with Gasteiger partial charge >= 0.3 is 0 Å².